The summed E-state index contributed by atoms with van der Waals surface area (Å²) in [7, 11) is -0.690. The van der Waals surface area contributed by atoms with E-state index in [1.807, 2.05) is 13.8 Å². The topological polar surface area (TPSA) is 114 Å². The Morgan fingerprint density at radius 1 is 1.18 bits per heavy atom. The molecule has 0 radical (unpaired) electrons. The number of hydrogen-bond donors (Lipinski definition) is 0. The van der Waals surface area contributed by atoms with E-state index in [1.54, 1.807) is 25.3 Å². The van der Waals surface area contributed by atoms with E-state index in [2.05, 4.69) is 0 Å². The summed E-state index contributed by atoms with van der Waals surface area (Å²) in [5, 5.41) is 0. The zero-order valence-corrected chi connectivity index (χ0v) is 20.7. The van der Waals surface area contributed by atoms with Gasteiger partial charge in [-0.05, 0) is 37.0 Å². The van der Waals surface area contributed by atoms with Crippen LogP contribution in [-0.2, 0) is 28.6 Å². The van der Waals surface area contributed by atoms with Crippen LogP contribution in [-0.4, -0.2) is 66.1 Å². The molecule has 1 fully saturated rings. The third-order valence-electron chi connectivity index (χ3n) is 5.46. The second kappa shape index (κ2) is 12.3. The van der Waals surface area contributed by atoms with Crippen LogP contribution < -0.4 is 9.47 Å². The van der Waals surface area contributed by atoms with Crippen molar-refractivity contribution in [3.8, 4) is 11.5 Å². The number of Topliss-reactive ketones (excluding diaryl/α,β-unsaturated/α-hetero) is 1. The first-order chi connectivity index (χ1) is 15.6. The predicted octanol–water partition coefficient (Wildman–Crippen LogP) is 3.01. The first-order valence-corrected chi connectivity index (χ1v) is 12.8. The monoisotopic (exact) mass is 486 g/mol. The number of carbonyl (C=O) groups is 2. The summed E-state index contributed by atoms with van der Waals surface area (Å²) in [6.07, 6.45) is 0.605. The molecule has 33 heavy (non-hydrogen) atoms. The standard InChI is InChI=1S/C23H34O9S/c1-15(2)17(14-21(32-33(5,26)27)19-9-10-22(24)31-19)23(25)16-7-8-18(29-4)20(13-16)30-12-6-11-28-3/h7-8,13,15,17,19,21H,6,9-12,14H2,1-5H3/t17-,19+,21+/m0/s1. The van der Waals surface area contributed by atoms with Crippen LogP contribution in [0.5, 0.6) is 11.5 Å². The van der Waals surface area contributed by atoms with E-state index in [1.165, 1.54) is 7.11 Å². The Balaban J connectivity index is 2.26. The van der Waals surface area contributed by atoms with Gasteiger partial charge in [-0.15, -0.1) is 0 Å². The lowest BCUT2D eigenvalue weighted by molar-refractivity contribution is -0.144. The van der Waals surface area contributed by atoms with Gasteiger partial charge in [0.1, 0.15) is 12.2 Å². The summed E-state index contributed by atoms with van der Waals surface area (Å²) in [5.74, 6) is -0.322. The molecule has 0 aromatic heterocycles. The molecule has 0 amide bonds. The maximum Gasteiger partial charge on any atom is 0.306 e. The number of hydrogen-bond acceptors (Lipinski definition) is 9. The Hall–Kier alpha value is -2.17. The van der Waals surface area contributed by atoms with E-state index >= 15 is 0 Å². The van der Waals surface area contributed by atoms with E-state index in [-0.39, 0.29) is 24.5 Å². The van der Waals surface area contributed by atoms with Crippen molar-refractivity contribution in [1.82, 2.24) is 0 Å². The first-order valence-electron chi connectivity index (χ1n) is 11.0. The highest BCUT2D eigenvalue weighted by Gasteiger charge is 2.38. The van der Waals surface area contributed by atoms with Crippen LogP contribution in [0.1, 0.15) is 49.9 Å². The van der Waals surface area contributed by atoms with E-state index in [0.717, 1.165) is 6.26 Å². The Bertz CT molecular complexity index is 911. The number of carbonyl (C=O) groups excluding carboxylic acids is 2. The van der Waals surface area contributed by atoms with Crippen LogP contribution >= 0.6 is 0 Å². The minimum atomic E-state index is -3.82. The molecular weight excluding hydrogens is 452 g/mol. The zero-order valence-electron chi connectivity index (χ0n) is 19.9. The Morgan fingerprint density at radius 3 is 2.45 bits per heavy atom. The van der Waals surface area contributed by atoms with Gasteiger partial charge >= 0.3 is 5.97 Å². The van der Waals surface area contributed by atoms with Crippen molar-refractivity contribution in [2.24, 2.45) is 11.8 Å². The van der Waals surface area contributed by atoms with Crippen LogP contribution in [0.3, 0.4) is 0 Å². The molecule has 1 aromatic carbocycles. The molecule has 1 aliphatic heterocycles. The van der Waals surface area contributed by atoms with Crippen LogP contribution in [0.15, 0.2) is 18.2 Å². The van der Waals surface area contributed by atoms with E-state index < -0.39 is 34.2 Å². The average molecular weight is 487 g/mol. The van der Waals surface area contributed by atoms with Gasteiger partial charge in [0.25, 0.3) is 10.1 Å². The molecule has 186 valence electrons. The fourth-order valence-electron chi connectivity index (χ4n) is 3.76. The summed E-state index contributed by atoms with van der Waals surface area (Å²) in [5.41, 5.74) is 0.415. The lowest BCUT2D eigenvalue weighted by Crippen LogP contribution is -2.36. The Labute approximate surface area is 195 Å². The van der Waals surface area contributed by atoms with Crippen molar-refractivity contribution in [3.63, 3.8) is 0 Å². The van der Waals surface area contributed by atoms with Gasteiger partial charge in [0.05, 0.1) is 20.0 Å². The summed E-state index contributed by atoms with van der Waals surface area (Å²) in [6.45, 7) is 4.70. The highest BCUT2D eigenvalue weighted by molar-refractivity contribution is 7.86. The third-order valence-corrected chi connectivity index (χ3v) is 6.05. The lowest BCUT2D eigenvalue weighted by atomic mass is 9.82. The first kappa shape index (κ1) is 27.1. The SMILES string of the molecule is COCCCOc1cc(C(=O)[C@@H](C[C@@H](OS(C)(=O)=O)[C@H]2CCC(=O)O2)C(C)C)ccc1OC. The maximum absolute atomic E-state index is 13.5. The molecule has 1 saturated heterocycles. The quantitative estimate of drug-likeness (QED) is 0.169. The second-order valence-corrected chi connectivity index (χ2v) is 10.0. The molecule has 0 aliphatic carbocycles. The van der Waals surface area contributed by atoms with Gasteiger partial charge in [-0.25, -0.2) is 0 Å². The molecule has 1 heterocycles. The van der Waals surface area contributed by atoms with Crippen LogP contribution in [0.4, 0.5) is 0 Å². The average Bonchev–Trinajstić information content (AvgIpc) is 3.18. The largest absolute Gasteiger partial charge is 0.493 e. The van der Waals surface area contributed by atoms with Crippen LogP contribution in [0.25, 0.3) is 0 Å². The van der Waals surface area contributed by atoms with Crippen molar-refractivity contribution in [3.05, 3.63) is 23.8 Å². The molecular formula is C23H34O9S. The predicted molar refractivity (Wildman–Crippen MR) is 121 cm³/mol. The van der Waals surface area contributed by atoms with E-state index in [4.69, 9.17) is 23.1 Å². The molecule has 0 spiro atoms. The number of rotatable bonds is 14. The molecule has 9 nitrogen and oxygen atoms in total. The van der Waals surface area contributed by atoms with Gasteiger partial charge < -0.3 is 18.9 Å². The van der Waals surface area contributed by atoms with Crippen molar-refractivity contribution in [2.45, 2.75) is 51.7 Å². The highest BCUT2D eigenvalue weighted by atomic mass is 32.2. The summed E-state index contributed by atoms with van der Waals surface area (Å²) in [4.78, 5) is 25.1. The molecule has 2 rings (SSSR count). The third kappa shape index (κ3) is 8.28. The van der Waals surface area contributed by atoms with Crippen LogP contribution in [0, 0.1) is 11.8 Å². The summed E-state index contributed by atoms with van der Waals surface area (Å²) in [6, 6.07) is 4.95. The number of methoxy groups -OCH3 is 2. The number of ether oxygens (including phenoxy) is 4. The Morgan fingerprint density at radius 2 is 1.91 bits per heavy atom. The van der Waals surface area contributed by atoms with Crippen molar-refractivity contribution in [2.75, 3.05) is 33.7 Å². The van der Waals surface area contributed by atoms with Crippen molar-refractivity contribution in [1.29, 1.82) is 0 Å². The fourth-order valence-corrected chi connectivity index (χ4v) is 4.41. The summed E-state index contributed by atoms with van der Waals surface area (Å²) < 4.78 is 50.4. The Kier molecular flexibility index (Phi) is 10.1. The molecule has 1 aliphatic rings. The second-order valence-electron chi connectivity index (χ2n) is 8.42. The number of cyclic esters (lactones) is 1. The molecule has 0 bridgehead atoms. The fraction of sp³-hybridized carbons (Fsp3) is 0.652. The summed E-state index contributed by atoms with van der Waals surface area (Å²) >= 11 is 0. The highest BCUT2D eigenvalue weighted by Crippen LogP contribution is 2.33. The molecule has 10 heteroatoms. The van der Waals surface area contributed by atoms with Gasteiger partial charge in [0.2, 0.25) is 0 Å². The van der Waals surface area contributed by atoms with Gasteiger partial charge in [0, 0.05) is 38.0 Å². The minimum absolute atomic E-state index is 0.0948. The van der Waals surface area contributed by atoms with Crippen molar-refractivity contribution >= 4 is 21.9 Å². The maximum atomic E-state index is 13.5. The van der Waals surface area contributed by atoms with Gasteiger partial charge in [-0.1, -0.05) is 13.8 Å². The molecule has 0 N–H and O–H groups in total. The smallest absolute Gasteiger partial charge is 0.306 e. The minimum Gasteiger partial charge on any atom is -0.493 e. The zero-order chi connectivity index (χ0) is 24.6. The van der Waals surface area contributed by atoms with Gasteiger partial charge in [-0.3, -0.25) is 13.8 Å². The molecule has 1 aromatic rings. The van der Waals surface area contributed by atoms with Crippen molar-refractivity contribution < 1.29 is 41.1 Å². The number of ketones is 1. The van der Waals surface area contributed by atoms with Gasteiger partial charge in [0.15, 0.2) is 17.3 Å². The lowest BCUT2D eigenvalue weighted by Gasteiger charge is -2.28. The number of esters is 1. The normalized spacial score (nSPS) is 18.1. The van der Waals surface area contributed by atoms with E-state index in [9.17, 15) is 18.0 Å². The number of benzene rings is 1. The molecule has 0 saturated carbocycles. The van der Waals surface area contributed by atoms with Gasteiger partial charge in [-0.2, -0.15) is 8.42 Å². The molecule has 0 unspecified atom stereocenters. The van der Waals surface area contributed by atoms with E-state index in [0.29, 0.717) is 43.1 Å². The molecule has 3 atom stereocenters. The van der Waals surface area contributed by atoms with Crippen LogP contribution in [0.2, 0.25) is 0 Å².